The van der Waals surface area contributed by atoms with Crippen LogP contribution in [0.15, 0.2) is 26.2 Å². The lowest BCUT2D eigenvalue weighted by atomic mass is 10.2. The molecular weight excluding hydrogens is 300 g/mol. The summed E-state index contributed by atoms with van der Waals surface area (Å²) in [5.74, 6) is 0.0979. The van der Waals surface area contributed by atoms with Gasteiger partial charge in [0.1, 0.15) is 9.97 Å². The van der Waals surface area contributed by atoms with E-state index in [4.69, 9.17) is 4.52 Å². The maximum absolute atomic E-state index is 12.0. The predicted molar refractivity (Wildman–Crippen MR) is 73.9 cm³/mol. The topological polar surface area (TPSA) is 89.3 Å². The van der Waals surface area contributed by atoms with Gasteiger partial charge in [0.25, 0.3) is 10.0 Å². The summed E-state index contributed by atoms with van der Waals surface area (Å²) in [5.41, 5.74) is 1.25. The molecule has 2 aromatic heterocycles. The number of hydrogen-bond acceptors (Lipinski definition) is 6. The number of nitrogens with one attached hydrogen (secondary N) is 1. The van der Waals surface area contributed by atoms with Gasteiger partial charge in [-0.2, -0.15) is 0 Å². The Morgan fingerprint density at radius 3 is 2.75 bits per heavy atom. The molecule has 0 aliphatic heterocycles. The summed E-state index contributed by atoms with van der Waals surface area (Å²) in [7, 11) is -3.77. The fourth-order valence-corrected chi connectivity index (χ4v) is 4.09. The minimum Gasteiger partial charge on any atom is -0.361 e. The highest BCUT2D eigenvalue weighted by molar-refractivity contribution is 7.92. The second-order valence-electron chi connectivity index (χ2n) is 4.35. The molecule has 0 saturated heterocycles. The lowest BCUT2D eigenvalue weighted by Crippen LogP contribution is -2.30. The first-order valence-corrected chi connectivity index (χ1v) is 8.27. The highest BCUT2D eigenvalue weighted by Crippen LogP contribution is 2.21. The maximum Gasteiger partial charge on any atom is 0.273 e. The Morgan fingerprint density at radius 1 is 1.45 bits per heavy atom. The first-order chi connectivity index (χ1) is 9.38. The van der Waals surface area contributed by atoms with Crippen LogP contribution in [0.5, 0.6) is 0 Å². The molecule has 1 N–H and O–H groups in total. The predicted octanol–water partition coefficient (Wildman–Crippen LogP) is 1.79. The number of aromatic nitrogens is 1. The van der Waals surface area contributed by atoms with Crippen LogP contribution in [-0.2, 0) is 21.2 Å². The third-order valence-electron chi connectivity index (χ3n) is 2.59. The van der Waals surface area contributed by atoms with E-state index >= 15 is 0 Å². The monoisotopic (exact) mass is 314 g/mol. The zero-order valence-electron chi connectivity index (χ0n) is 11.0. The Labute approximate surface area is 120 Å². The van der Waals surface area contributed by atoms with Gasteiger partial charge in [0.15, 0.2) is 0 Å². The minimum absolute atomic E-state index is 0.0373. The molecule has 0 fully saturated rings. The van der Waals surface area contributed by atoms with Crippen molar-refractivity contribution < 1.29 is 17.7 Å². The molecule has 0 atom stereocenters. The highest BCUT2D eigenvalue weighted by atomic mass is 32.2. The average Bonchev–Trinajstić information content (AvgIpc) is 2.95. The number of carbonyl (C=O) groups is 1. The molecule has 2 heterocycles. The van der Waals surface area contributed by atoms with E-state index in [9.17, 15) is 13.2 Å². The van der Waals surface area contributed by atoms with Gasteiger partial charge < -0.3 is 4.52 Å². The molecule has 0 aromatic carbocycles. The molecule has 6 nitrogen and oxygen atoms in total. The van der Waals surface area contributed by atoms with Crippen molar-refractivity contribution in [2.75, 3.05) is 0 Å². The Kier molecular flexibility index (Phi) is 4.24. The van der Waals surface area contributed by atoms with E-state index in [1.807, 2.05) is 0 Å². The van der Waals surface area contributed by atoms with Crippen LogP contribution in [0, 0.1) is 13.8 Å². The van der Waals surface area contributed by atoms with Crippen molar-refractivity contribution in [1.82, 2.24) is 9.88 Å². The Bertz CT molecular complexity index is 715. The van der Waals surface area contributed by atoms with Crippen molar-refractivity contribution in [3.8, 4) is 0 Å². The van der Waals surface area contributed by atoms with Crippen LogP contribution >= 0.6 is 11.3 Å². The lowest BCUT2D eigenvalue weighted by molar-refractivity contribution is -0.119. The standard InChI is InChI=1S/C12H14N2O4S2/c1-8-5-6-19-12(8)20(16,17)14-11(15)4-3-10-7-9(2)18-13-10/h5-7H,3-4H2,1-2H3,(H,14,15). The van der Waals surface area contributed by atoms with Gasteiger partial charge in [0, 0.05) is 18.9 Å². The first kappa shape index (κ1) is 14.7. The molecule has 0 saturated carbocycles. The van der Waals surface area contributed by atoms with Gasteiger partial charge in [-0.1, -0.05) is 5.16 Å². The molecule has 0 aliphatic carbocycles. The van der Waals surface area contributed by atoms with E-state index in [0.29, 0.717) is 23.4 Å². The summed E-state index contributed by atoms with van der Waals surface area (Å²) in [6.07, 6.45) is 0.373. The largest absolute Gasteiger partial charge is 0.361 e. The first-order valence-electron chi connectivity index (χ1n) is 5.90. The molecule has 0 radical (unpaired) electrons. The SMILES string of the molecule is Cc1cc(CCC(=O)NS(=O)(=O)c2sccc2C)no1. The smallest absolute Gasteiger partial charge is 0.273 e. The fraction of sp³-hybridized carbons (Fsp3) is 0.333. The number of amides is 1. The van der Waals surface area contributed by atoms with E-state index in [1.165, 1.54) is 0 Å². The van der Waals surface area contributed by atoms with Crippen molar-refractivity contribution in [2.45, 2.75) is 30.9 Å². The Balaban J connectivity index is 1.96. The quantitative estimate of drug-likeness (QED) is 0.909. The van der Waals surface area contributed by atoms with Gasteiger partial charge in [-0.25, -0.2) is 13.1 Å². The second kappa shape index (κ2) is 5.76. The van der Waals surface area contributed by atoms with Crippen LogP contribution in [0.3, 0.4) is 0 Å². The number of nitrogens with zero attached hydrogens (tertiary/aromatic N) is 1. The molecule has 2 aromatic rings. The fourth-order valence-electron chi connectivity index (χ4n) is 1.66. The number of thiophene rings is 1. The van der Waals surface area contributed by atoms with Gasteiger partial charge in [0.05, 0.1) is 5.69 Å². The Morgan fingerprint density at radius 2 is 2.20 bits per heavy atom. The summed E-state index contributed by atoms with van der Waals surface area (Å²) < 4.78 is 31.1. The third kappa shape index (κ3) is 3.45. The number of hydrogen-bond donors (Lipinski definition) is 1. The maximum atomic E-state index is 12.0. The van der Waals surface area contributed by atoms with Crippen molar-refractivity contribution >= 4 is 27.3 Å². The molecule has 0 aliphatic rings. The molecule has 0 bridgehead atoms. The normalized spacial score (nSPS) is 11.5. The molecule has 108 valence electrons. The van der Waals surface area contributed by atoms with Crippen LogP contribution in [0.4, 0.5) is 0 Å². The Hall–Kier alpha value is -1.67. The minimum atomic E-state index is -3.77. The summed E-state index contributed by atoms with van der Waals surface area (Å²) >= 11 is 1.09. The molecule has 20 heavy (non-hydrogen) atoms. The van der Waals surface area contributed by atoms with Crippen molar-refractivity contribution in [1.29, 1.82) is 0 Å². The molecule has 8 heteroatoms. The molecular formula is C12H14N2O4S2. The number of aryl methyl sites for hydroxylation is 3. The number of rotatable bonds is 5. The summed E-state index contributed by atoms with van der Waals surface area (Å²) in [6.45, 7) is 3.44. The van der Waals surface area contributed by atoms with Crippen molar-refractivity contribution in [3.63, 3.8) is 0 Å². The van der Waals surface area contributed by atoms with Gasteiger partial charge in [-0.05, 0) is 30.9 Å². The third-order valence-corrected chi connectivity index (χ3v) is 5.65. The number of carbonyl (C=O) groups excluding carboxylic acids is 1. The molecule has 1 amide bonds. The zero-order chi connectivity index (χ0) is 14.8. The summed E-state index contributed by atoms with van der Waals surface area (Å²) in [6, 6.07) is 3.41. The second-order valence-corrected chi connectivity index (χ2v) is 7.14. The van der Waals surface area contributed by atoms with E-state index in [-0.39, 0.29) is 10.6 Å². The van der Waals surface area contributed by atoms with Crippen molar-refractivity contribution in [3.05, 3.63) is 34.5 Å². The molecule has 0 spiro atoms. The van der Waals surface area contributed by atoms with E-state index in [0.717, 1.165) is 11.3 Å². The van der Waals surface area contributed by atoms with Gasteiger partial charge in [-0.15, -0.1) is 11.3 Å². The van der Waals surface area contributed by atoms with Crippen molar-refractivity contribution in [2.24, 2.45) is 0 Å². The van der Waals surface area contributed by atoms with Crippen LogP contribution in [0.1, 0.15) is 23.4 Å². The van der Waals surface area contributed by atoms with Crippen LogP contribution in [-0.4, -0.2) is 19.5 Å². The van der Waals surface area contributed by atoms with Gasteiger partial charge in [0.2, 0.25) is 5.91 Å². The van der Waals surface area contributed by atoms with E-state index < -0.39 is 15.9 Å². The van der Waals surface area contributed by atoms with Crippen LogP contribution in [0.25, 0.3) is 0 Å². The molecule has 0 unspecified atom stereocenters. The molecule has 2 rings (SSSR count). The van der Waals surface area contributed by atoms with Crippen LogP contribution < -0.4 is 4.72 Å². The van der Waals surface area contributed by atoms with Crippen LogP contribution in [0.2, 0.25) is 0 Å². The summed E-state index contributed by atoms with van der Waals surface area (Å²) in [4.78, 5) is 11.7. The van der Waals surface area contributed by atoms with Gasteiger partial charge >= 0.3 is 0 Å². The van der Waals surface area contributed by atoms with E-state index in [2.05, 4.69) is 9.88 Å². The highest BCUT2D eigenvalue weighted by Gasteiger charge is 2.21. The van der Waals surface area contributed by atoms with Gasteiger partial charge in [-0.3, -0.25) is 4.79 Å². The lowest BCUT2D eigenvalue weighted by Gasteiger charge is -2.05. The van der Waals surface area contributed by atoms with E-state index in [1.54, 1.807) is 31.4 Å². The zero-order valence-corrected chi connectivity index (χ0v) is 12.7. The number of sulfonamides is 1. The summed E-state index contributed by atoms with van der Waals surface area (Å²) in [5, 5.41) is 5.42. The average molecular weight is 314 g/mol.